The summed E-state index contributed by atoms with van der Waals surface area (Å²) < 4.78 is 45.6. The van der Waals surface area contributed by atoms with Gasteiger partial charge in [0.2, 0.25) is 5.91 Å². The molecule has 0 radical (unpaired) electrons. The average Bonchev–Trinajstić information content (AvgIpc) is 2.84. The second kappa shape index (κ2) is 10.9. The van der Waals surface area contributed by atoms with Crippen molar-refractivity contribution in [1.82, 2.24) is 4.98 Å². The first-order valence-corrected chi connectivity index (χ1v) is 12.1. The third kappa shape index (κ3) is 6.81. The number of nitrogens with zero attached hydrogens (tertiary/aromatic N) is 1. The van der Waals surface area contributed by atoms with Crippen molar-refractivity contribution in [1.29, 1.82) is 0 Å². The third-order valence-electron chi connectivity index (χ3n) is 6.17. The van der Waals surface area contributed by atoms with Crippen LogP contribution in [0.1, 0.15) is 50.1 Å². The van der Waals surface area contributed by atoms with Crippen LogP contribution in [0.3, 0.4) is 0 Å². The Morgan fingerprint density at radius 1 is 0.897 bits per heavy atom. The van der Waals surface area contributed by atoms with Crippen molar-refractivity contribution in [2.75, 3.05) is 10.6 Å². The zero-order chi connectivity index (χ0) is 29.2. The fourth-order valence-corrected chi connectivity index (χ4v) is 3.81. The van der Waals surface area contributed by atoms with Crippen LogP contribution in [-0.2, 0) is 25.9 Å². The van der Waals surface area contributed by atoms with E-state index in [0.717, 1.165) is 34.5 Å². The lowest BCUT2D eigenvalue weighted by Gasteiger charge is -2.25. The van der Waals surface area contributed by atoms with E-state index in [1.807, 2.05) is 26.0 Å². The van der Waals surface area contributed by atoms with Crippen molar-refractivity contribution in [3.63, 3.8) is 0 Å². The molecule has 2 amide bonds. The molecule has 0 bridgehead atoms. The lowest BCUT2D eigenvalue weighted by molar-refractivity contribution is -0.137. The number of aryl methyl sites for hydroxylation is 1. The minimum absolute atomic E-state index is 0.129. The van der Waals surface area contributed by atoms with E-state index in [0.29, 0.717) is 17.9 Å². The van der Waals surface area contributed by atoms with E-state index in [1.54, 1.807) is 45.2 Å². The van der Waals surface area contributed by atoms with Gasteiger partial charge in [0.15, 0.2) is 0 Å². The van der Waals surface area contributed by atoms with Gasteiger partial charge in [-0.3, -0.25) is 15.1 Å². The topological polar surface area (TPSA) is 97.4 Å². The molecule has 2 N–H and O–H groups in total. The molecule has 10 heteroatoms. The molecule has 2 aromatic carbocycles. The van der Waals surface area contributed by atoms with Crippen molar-refractivity contribution >= 4 is 29.7 Å². The number of ether oxygens (including phenoxy) is 1. The van der Waals surface area contributed by atoms with E-state index in [9.17, 15) is 27.6 Å². The zero-order valence-electron chi connectivity index (χ0n) is 22.5. The number of carbonyl (C=O) groups excluding carboxylic acids is 3. The van der Waals surface area contributed by atoms with Gasteiger partial charge in [-0.2, -0.15) is 13.2 Å². The minimum Gasteiger partial charge on any atom is -0.444 e. The van der Waals surface area contributed by atoms with E-state index >= 15 is 0 Å². The van der Waals surface area contributed by atoms with Gasteiger partial charge in [0.25, 0.3) is 0 Å². The van der Waals surface area contributed by atoms with Gasteiger partial charge >= 0.3 is 12.3 Å². The number of aldehydes is 1. The number of alkyl halides is 3. The Labute approximate surface area is 224 Å². The zero-order valence-corrected chi connectivity index (χ0v) is 22.5. The lowest BCUT2D eigenvalue weighted by atomic mass is 9.81. The summed E-state index contributed by atoms with van der Waals surface area (Å²) in [6, 6.07) is 11.1. The van der Waals surface area contributed by atoms with Crippen molar-refractivity contribution in [2.24, 2.45) is 0 Å². The molecule has 3 aromatic rings. The molecule has 0 spiro atoms. The molecule has 206 valence electrons. The van der Waals surface area contributed by atoms with Crippen LogP contribution in [0.4, 0.5) is 29.3 Å². The van der Waals surface area contributed by atoms with Gasteiger partial charge in [-0.05, 0) is 94.1 Å². The maximum atomic E-state index is 13.5. The van der Waals surface area contributed by atoms with E-state index in [1.165, 1.54) is 6.92 Å². The summed E-state index contributed by atoms with van der Waals surface area (Å²) in [4.78, 5) is 42.4. The van der Waals surface area contributed by atoms with E-state index in [2.05, 4.69) is 15.6 Å². The number of anilines is 2. The number of aromatic nitrogens is 1. The summed E-state index contributed by atoms with van der Waals surface area (Å²) in [7, 11) is 0. The summed E-state index contributed by atoms with van der Waals surface area (Å²) in [5.74, 6) is -0.885. The van der Waals surface area contributed by atoms with E-state index in [-0.39, 0.29) is 11.4 Å². The van der Waals surface area contributed by atoms with Crippen LogP contribution in [0.15, 0.2) is 54.7 Å². The Morgan fingerprint density at radius 2 is 1.59 bits per heavy atom. The van der Waals surface area contributed by atoms with Crippen molar-refractivity contribution < 1.29 is 32.3 Å². The smallest absolute Gasteiger partial charge is 0.416 e. The van der Waals surface area contributed by atoms with Crippen LogP contribution in [0, 0.1) is 13.8 Å². The Morgan fingerprint density at radius 3 is 2.21 bits per heavy atom. The number of nitrogens with one attached hydrogen (secondary N) is 2. The highest BCUT2D eigenvalue weighted by Gasteiger charge is 2.37. The van der Waals surface area contributed by atoms with Crippen molar-refractivity contribution in [3.8, 4) is 11.1 Å². The molecule has 1 aromatic heterocycles. The second-order valence-electron chi connectivity index (χ2n) is 10.3. The summed E-state index contributed by atoms with van der Waals surface area (Å²) in [5, 5.41) is 4.78. The maximum absolute atomic E-state index is 13.5. The number of halogens is 3. The first-order chi connectivity index (χ1) is 18.0. The molecule has 0 saturated carbocycles. The predicted molar refractivity (Wildman–Crippen MR) is 142 cm³/mol. The van der Waals surface area contributed by atoms with Crippen LogP contribution in [0.25, 0.3) is 11.1 Å². The molecule has 7 nitrogen and oxygen atoms in total. The summed E-state index contributed by atoms with van der Waals surface area (Å²) in [5.41, 5.74) is -0.489. The highest BCUT2D eigenvalue weighted by Crippen LogP contribution is 2.36. The molecule has 1 heterocycles. The molecule has 1 unspecified atom stereocenters. The summed E-state index contributed by atoms with van der Waals surface area (Å²) >= 11 is 0. The number of hydrogen-bond donors (Lipinski definition) is 2. The fourth-order valence-electron chi connectivity index (χ4n) is 3.81. The van der Waals surface area contributed by atoms with Crippen molar-refractivity contribution in [3.05, 3.63) is 77.1 Å². The number of benzene rings is 2. The average molecular weight is 542 g/mol. The molecular formula is C29H30F3N3O4. The highest BCUT2D eigenvalue weighted by atomic mass is 19.4. The Kier molecular flexibility index (Phi) is 8.19. The maximum Gasteiger partial charge on any atom is 0.416 e. The molecule has 1 atom stereocenters. The monoisotopic (exact) mass is 541 g/mol. The van der Waals surface area contributed by atoms with Gasteiger partial charge in [0, 0.05) is 11.9 Å². The van der Waals surface area contributed by atoms with Gasteiger partial charge < -0.3 is 14.8 Å². The molecular weight excluding hydrogens is 511 g/mol. The molecule has 0 fully saturated rings. The van der Waals surface area contributed by atoms with E-state index < -0.39 is 34.8 Å². The quantitative estimate of drug-likeness (QED) is 0.263. The number of amides is 2. The van der Waals surface area contributed by atoms with Gasteiger partial charge in [-0.15, -0.1) is 0 Å². The van der Waals surface area contributed by atoms with Gasteiger partial charge in [0.1, 0.15) is 17.3 Å². The molecule has 3 rings (SSSR count). The third-order valence-corrected chi connectivity index (χ3v) is 6.17. The van der Waals surface area contributed by atoms with Gasteiger partial charge in [-0.25, -0.2) is 4.79 Å². The SMILES string of the molecule is Cc1nccc(-c2cccc(C(C)(C=O)C(=O)Nc3cc(C(F)(F)F)ccc3NC(=O)OC(C)(C)C)c2)c1C. The Bertz CT molecular complexity index is 1410. The van der Waals surface area contributed by atoms with Gasteiger partial charge in [-0.1, -0.05) is 18.2 Å². The van der Waals surface area contributed by atoms with Crippen LogP contribution in [0.2, 0.25) is 0 Å². The lowest BCUT2D eigenvalue weighted by Crippen LogP contribution is -2.39. The highest BCUT2D eigenvalue weighted by molar-refractivity contribution is 6.11. The first-order valence-electron chi connectivity index (χ1n) is 12.1. The predicted octanol–water partition coefficient (Wildman–Crippen LogP) is 6.83. The molecule has 0 aliphatic rings. The Balaban J connectivity index is 2.01. The fraction of sp³-hybridized carbons (Fsp3) is 0.310. The number of rotatable bonds is 6. The number of hydrogen-bond acceptors (Lipinski definition) is 5. The van der Waals surface area contributed by atoms with E-state index in [4.69, 9.17) is 4.74 Å². The van der Waals surface area contributed by atoms with Crippen LogP contribution in [-0.4, -0.2) is 28.9 Å². The molecule has 39 heavy (non-hydrogen) atoms. The van der Waals surface area contributed by atoms with Crippen LogP contribution >= 0.6 is 0 Å². The minimum atomic E-state index is -4.72. The molecule has 0 aliphatic heterocycles. The Hall–Kier alpha value is -4.21. The number of pyridine rings is 1. The normalized spacial score (nSPS) is 13.3. The summed E-state index contributed by atoms with van der Waals surface area (Å²) in [6.45, 7) is 10.0. The molecule has 0 saturated heterocycles. The van der Waals surface area contributed by atoms with Crippen molar-refractivity contribution in [2.45, 2.75) is 58.7 Å². The first kappa shape index (κ1) is 29.3. The van der Waals surface area contributed by atoms with Crippen LogP contribution in [0.5, 0.6) is 0 Å². The largest absolute Gasteiger partial charge is 0.444 e. The van der Waals surface area contributed by atoms with Crippen LogP contribution < -0.4 is 10.6 Å². The standard InChI is InChI=1S/C29H30F3N3O4/c1-17-18(2)33-13-12-22(17)19-8-7-9-20(14-19)28(6,16-36)25(37)34-24-15-21(29(30,31)32)10-11-23(24)35-26(38)39-27(3,4)5/h7-16H,1-6H3,(H,34,37)(H,35,38). The van der Waals surface area contributed by atoms with Gasteiger partial charge in [0.05, 0.1) is 16.9 Å². The molecule has 0 aliphatic carbocycles. The summed E-state index contributed by atoms with van der Waals surface area (Å²) in [6.07, 6.45) is -3.55. The number of carbonyl (C=O) groups is 3. The second-order valence-corrected chi connectivity index (χ2v) is 10.3.